The predicted octanol–water partition coefficient (Wildman–Crippen LogP) is 2.37. The third-order valence-corrected chi connectivity index (χ3v) is 5.63. The van der Waals surface area contributed by atoms with E-state index in [1.54, 1.807) is 12.1 Å². The number of halogens is 1. The maximum atomic E-state index is 12.4. The van der Waals surface area contributed by atoms with Gasteiger partial charge in [-0.25, -0.2) is 13.1 Å². The lowest BCUT2D eigenvalue weighted by atomic mass is 10.0. The molecule has 0 bridgehead atoms. The molecule has 1 aliphatic heterocycles. The quantitative estimate of drug-likeness (QED) is 0.811. The second-order valence-corrected chi connectivity index (χ2v) is 8.44. The lowest BCUT2D eigenvalue weighted by Crippen LogP contribution is -2.49. The van der Waals surface area contributed by atoms with E-state index in [-0.39, 0.29) is 10.9 Å². The van der Waals surface area contributed by atoms with Crippen LogP contribution in [0, 0.1) is 5.92 Å². The smallest absolute Gasteiger partial charge is 0.240 e. The molecule has 0 saturated carbocycles. The maximum absolute atomic E-state index is 12.4. The molecule has 7 heteroatoms. The minimum Gasteiger partial charge on any atom is -0.379 e. The maximum Gasteiger partial charge on any atom is 0.240 e. The van der Waals surface area contributed by atoms with Gasteiger partial charge in [-0.2, -0.15) is 0 Å². The summed E-state index contributed by atoms with van der Waals surface area (Å²) in [6, 6.07) is 6.40. The Morgan fingerprint density at radius 2 is 1.83 bits per heavy atom. The molecule has 0 aromatic heterocycles. The fourth-order valence-corrected chi connectivity index (χ4v) is 3.95. The van der Waals surface area contributed by atoms with Gasteiger partial charge in [-0.3, -0.25) is 4.90 Å². The van der Waals surface area contributed by atoms with E-state index in [0.29, 0.717) is 30.7 Å². The van der Waals surface area contributed by atoms with Crippen molar-refractivity contribution >= 4 is 21.6 Å². The van der Waals surface area contributed by atoms with Crippen molar-refractivity contribution in [3.8, 4) is 0 Å². The molecule has 0 radical (unpaired) electrons. The monoisotopic (exact) mass is 360 g/mol. The van der Waals surface area contributed by atoms with Crippen LogP contribution in [-0.4, -0.2) is 52.2 Å². The van der Waals surface area contributed by atoms with Crippen molar-refractivity contribution in [2.45, 2.75) is 31.2 Å². The van der Waals surface area contributed by atoms with Crippen LogP contribution in [0.1, 0.15) is 20.3 Å². The van der Waals surface area contributed by atoms with Crippen LogP contribution in [0.15, 0.2) is 29.2 Å². The van der Waals surface area contributed by atoms with Crippen molar-refractivity contribution < 1.29 is 13.2 Å². The van der Waals surface area contributed by atoms with E-state index in [2.05, 4.69) is 23.5 Å². The van der Waals surface area contributed by atoms with E-state index < -0.39 is 10.0 Å². The van der Waals surface area contributed by atoms with E-state index in [4.69, 9.17) is 16.3 Å². The summed E-state index contributed by atoms with van der Waals surface area (Å²) < 4.78 is 33.0. The van der Waals surface area contributed by atoms with Crippen molar-refractivity contribution in [3.63, 3.8) is 0 Å². The van der Waals surface area contributed by atoms with Crippen LogP contribution in [-0.2, 0) is 14.8 Å². The first-order valence-corrected chi connectivity index (χ1v) is 9.81. The summed E-state index contributed by atoms with van der Waals surface area (Å²) in [5, 5.41) is 0.523. The molecule has 1 atom stereocenters. The molecule has 1 heterocycles. The Kier molecular flexibility index (Phi) is 6.85. The van der Waals surface area contributed by atoms with Crippen LogP contribution in [0.2, 0.25) is 5.02 Å². The third-order valence-electron chi connectivity index (χ3n) is 3.94. The highest BCUT2D eigenvalue weighted by atomic mass is 35.5. The van der Waals surface area contributed by atoms with Crippen LogP contribution in [0.5, 0.6) is 0 Å². The van der Waals surface area contributed by atoms with Crippen molar-refractivity contribution in [2.75, 3.05) is 32.8 Å². The number of sulfonamides is 1. The van der Waals surface area contributed by atoms with Crippen molar-refractivity contribution in [1.29, 1.82) is 0 Å². The Labute approximate surface area is 144 Å². The first-order chi connectivity index (χ1) is 10.9. The zero-order valence-electron chi connectivity index (χ0n) is 13.7. The zero-order chi connectivity index (χ0) is 16.9. The molecule has 5 nitrogen and oxygen atoms in total. The van der Waals surface area contributed by atoms with Crippen molar-refractivity contribution in [1.82, 2.24) is 9.62 Å². The summed E-state index contributed by atoms with van der Waals surface area (Å²) >= 11 is 5.81. The molecule has 1 fully saturated rings. The van der Waals surface area contributed by atoms with Gasteiger partial charge >= 0.3 is 0 Å². The van der Waals surface area contributed by atoms with Gasteiger partial charge in [0, 0.05) is 30.7 Å². The fraction of sp³-hybridized carbons (Fsp3) is 0.625. The molecule has 23 heavy (non-hydrogen) atoms. The molecule has 130 valence electrons. The first-order valence-electron chi connectivity index (χ1n) is 7.95. The molecule has 1 saturated heterocycles. The molecule has 0 spiro atoms. The Bertz CT molecular complexity index is 584. The van der Waals surface area contributed by atoms with Gasteiger partial charge in [0.1, 0.15) is 0 Å². The second-order valence-electron chi connectivity index (χ2n) is 6.24. The summed E-state index contributed by atoms with van der Waals surface area (Å²) in [6.07, 6.45) is 0.948. The highest BCUT2D eigenvalue weighted by Gasteiger charge is 2.24. The van der Waals surface area contributed by atoms with Gasteiger partial charge in [0.2, 0.25) is 10.0 Å². The van der Waals surface area contributed by atoms with E-state index in [0.717, 1.165) is 19.5 Å². The van der Waals surface area contributed by atoms with Gasteiger partial charge in [0.25, 0.3) is 0 Å². The molecule has 1 aromatic rings. The number of morpholine rings is 1. The van der Waals surface area contributed by atoms with Gasteiger partial charge in [-0.05, 0) is 36.6 Å². The summed E-state index contributed by atoms with van der Waals surface area (Å²) in [4.78, 5) is 2.56. The molecule has 1 N–H and O–H groups in total. The number of nitrogens with zero attached hydrogens (tertiary/aromatic N) is 1. The molecule has 1 aliphatic rings. The van der Waals surface area contributed by atoms with Crippen LogP contribution >= 0.6 is 11.6 Å². The first kappa shape index (κ1) is 18.7. The highest BCUT2D eigenvalue weighted by molar-refractivity contribution is 7.89. The van der Waals surface area contributed by atoms with Crippen LogP contribution in [0.4, 0.5) is 0 Å². The number of ether oxygens (including phenoxy) is 1. The van der Waals surface area contributed by atoms with Gasteiger partial charge in [0.05, 0.1) is 18.1 Å². The number of hydrogen-bond donors (Lipinski definition) is 1. The summed E-state index contributed by atoms with van der Waals surface area (Å²) in [5.41, 5.74) is 0. The lowest BCUT2D eigenvalue weighted by molar-refractivity contribution is 0.0134. The Morgan fingerprint density at radius 3 is 2.39 bits per heavy atom. The zero-order valence-corrected chi connectivity index (χ0v) is 15.2. The number of rotatable bonds is 7. The number of benzene rings is 1. The van der Waals surface area contributed by atoms with E-state index >= 15 is 0 Å². The molecule has 2 rings (SSSR count). The minimum absolute atomic E-state index is 0.181. The normalized spacial score (nSPS) is 18.3. The van der Waals surface area contributed by atoms with E-state index in [9.17, 15) is 8.42 Å². The minimum atomic E-state index is -3.51. The molecular weight excluding hydrogens is 336 g/mol. The number of hydrogen-bond acceptors (Lipinski definition) is 4. The average molecular weight is 361 g/mol. The number of nitrogens with one attached hydrogen (secondary N) is 1. The third kappa shape index (κ3) is 5.72. The lowest BCUT2D eigenvalue weighted by Gasteiger charge is -2.35. The molecule has 0 amide bonds. The van der Waals surface area contributed by atoms with Gasteiger partial charge < -0.3 is 4.74 Å². The van der Waals surface area contributed by atoms with Crippen LogP contribution in [0.3, 0.4) is 0 Å². The summed E-state index contributed by atoms with van der Waals surface area (Å²) in [7, 11) is -3.51. The van der Waals surface area contributed by atoms with Crippen molar-refractivity contribution in [2.24, 2.45) is 5.92 Å². The van der Waals surface area contributed by atoms with Gasteiger partial charge in [0.15, 0.2) is 0 Å². The Morgan fingerprint density at radius 1 is 1.22 bits per heavy atom. The average Bonchev–Trinajstić information content (AvgIpc) is 2.52. The van der Waals surface area contributed by atoms with Gasteiger partial charge in [-0.15, -0.1) is 0 Å². The van der Waals surface area contributed by atoms with Crippen LogP contribution < -0.4 is 4.72 Å². The standard InChI is InChI=1S/C16H25ClN2O3S/c1-13(2)11-15(19-7-9-22-10-8-19)12-18-23(20,21)16-5-3-14(17)4-6-16/h3-6,13,15,18H,7-12H2,1-2H3. The molecular formula is C16H25ClN2O3S. The molecule has 1 aromatic carbocycles. The molecule has 0 aliphatic carbocycles. The molecule has 1 unspecified atom stereocenters. The Balaban J connectivity index is 2.02. The van der Waals surface area contributed by atoms with E-state index in [1.165, 1.54) is 12.1 Å². The largest absolute Gasteiger partial charge is 0.379 e. The topological polar surface area (TPSA) is 58.6 Å². The van der Waals surface area contributed by atoms with E-state index in [1.807, 2.05) is 0 Å². The fourth-order valence-electron chi connectivity index (χ4n) is 2.75. The SMILES string of the molecule is CC(C)CC(CNS(=O)(=O)c1ccc(Cl)cc1)N1CCOCC1. The summed E-state index contributed by atoms with van der Waals surface area (Å²) in [6.45, 7) is 7.82. The Hall–Kier alpha value is -0.660. The second kappa shape index (κ2) is 8.44. The predicted molar refractivity (Wildman–Crippen MR) is 92.3 cm³/mol. The summed E-state index contributed by atoms with van der Waals surface area (Å²) in [5.74, 6) is 0.503. The van der Waals surface area contributed by atoms with Gasteiger partial charge in [-0.1, -0.05) is 25.4 Å². The highest BCUT2D eigenvalue weighted by Crippen LogP contribution is 2.16. The van der Waals surface area contributed by atoms with Crippen molar-refractivity contribution in [3.05, 3.63) is 29.3 Å². The van der Waals surface area contributed by atoms with Crippen LogP contribution in [0.25, 0.3) is 0 Å².